The number of oxazole rings is 2. The number of methoxy groups -OCH3 is 1. The highest BCUT2D eigenvalue weighted by Crippen LogP contribution is 2.59. The molecule has 5 heterocycles. The summed E-state index contributed by atoms with van der Waals surface area (Å²) in [5, 5.41) is 20.7. The van der Waals surface area contributed by atoms with Gasteiger partial charge in [0.15, 0.2) is 23.4 Å². The van der Waals surface area contributed by atoms with Crippen molar-refractivity contribution in [1.29, 1.82) is 0 Å². The molecule has 1 spiro atoms. The average Bonchev–Trinajstić information content (AvgIpc) is 3.87. The maximum Gasteiger partial charge on any atom is 0.360 e. The lowest BCUT2D eigenvalue weighted by atomic mass is 9.72. The summed E-state index contributed by atoms with van der Waals surface area (Å²) in [5.74, 6) is -0.711. The van der Waals surface area contributed by atoms with Crippen LogP contribution in [0.4, 0.5) is 5.69 Å². The highest BCUT2D eigenvalue weighted by molar-refractivity contribution is 5.92. The monoisotopic (exact) mass is 667 g/mol. The quantitative estimate of drug-likeness (QED) is 0.225. The number of anilines is 1. The van der Waals surface area contributed by atoms with Crippen molar-refractivity contribution >= 4 is 23.5 Å². The number of ether oxygens (including phenoxy) is 2. The number of hydrogen-bond acceptors (Lipinski definition) is 11. The first-order chi connectivity index (χ1) is 23.6. The minimum absolute atomic E-state index is 0.0297. The second kappa shape index (κ2) is 11.5. The van der Waals surface area contributed by atoms with E-state index in [9.17, 15) is 19.5 Å². The number of esters is 1. The van der Waals surface area contributed by atoms with Gasteiger partial charge < -0.3 is 39.4 Å². The van der Waals surface area contributed by atoms with E-state index in [1.807, 2.05) is 56.3 Å². The van der Waals surface area contributed by atoms with Crippen LogP contribution in [0.5, 0.6) is 5.75 Å². The van der Waals surface area contributed by atoms with Crippen LogP contribution < -0.4 is 20.7 Å². The second-order valence-corrected chi connectivity index (χ2v) is 13.6. The molecule has 4 bridgehead atoms. The van der Waals surface area contributed by atoms with Crippen molar-refractivity contribution in [2.75, 3.05) is 12.4 Å². The number of rotatable bonds is 5. The van der Waals surface area contributed by atoms with Crippen LogP contribution in [0.2, 0.25) is 0 Å². The van der Waals surface area contributed by atoms with Crippen LogP contribution in [0.25, 0.3) is 11.6 Å². The number of aliphatic hydroxyl groups is 1. The molecular weight excluding hydrogens is 630 g/mol. The number of amides is 2. The SMILES string of the molecule is COC(=O)c1coc(-c2nc3oc2C24c5ccccc5NC2Oc2ccc(cc24)C[C@H](NC(=O)C2(O)CCCCC2)C(=O)N[C@H]3C(C)C)n1. The highest BCUT2D eigenvalue weighted by Gasteiger charge is 2.61. The number of hydrogen-bond donors (Lipinski definition) is 4. The first kappa shape index (κ1) is 31.1. The van der Waals surface area contributed by atoms with Gasteiger partial charge in [-0.1, -0.05) is 63.4 Å². The second-order valence-electron chi connectivity index (χ2n) is 13.6. The van der Waals surface area contributed by atoms with Crippen LogP contribution in [-0.4, -0.2) is 57.8 Å². The molecule has 8 rings (SSSR count). The Hall–Kier alpha value is -5.17. The molecule has 13 nitrogen and oxygen atoms in total. The third-order valence-electron chi connectivity index (χ3n) is 10.2. The minimum atomic E-state index is -1.53. The topological polar surface area (TPSA) is 178 Å². The summed E-state index contributed by atoms with van der Waals surface area (Å²) in [5.41, 5.74) is 0.787. The molecule has 0 saturated heterocycles. The van der Waals surface area contributed by atoms with Crippen LogP contribution >= 0.6 is 0 Å². The summed E-state index contributed by atoms with van der Waals surface area (Å²) in [7, 11) is 1.26. The molecule has 2 aromatic heterocycles. The summed E-state index contributed by atoms with van der Waals surface area (Å²) < 4.78 is 24.1. The van der Waals surface area contributed by atoms with Gasteiger partial charge in [0.1, 0.15) is 35.1 Å². The summed E-state index contributed by atoms with van der Waals surface area (Å²) >= 11 is 0. The van der Waals surface area contributed by atoms with Gasteiger partial charge in [0.2, 0.25) is 17.7 Å². The Bertz CT molecular complexity index is 1980. The van der Waals surface area contributed by atoms with E-state index in [1.165, 1.54) is 13.4 Å². The fourth-order valence-electron chi connectivity index (χ4n) is 7.68. The van der Waals surface area contributed by atoms with Gasteiger partial charge in [0.25, 0.3) is 5.91 Å². The molecule has 2 unspecified atom stereocenters. The first-order valence-electron chi connectivity index (χ1n) is 16.7. The first-order valence-corrected chi connectivity index (χ1v) is 16.7. The zero-order valence-electron chi connectivity index (χ0n) is 27.4. The van der Waals surface area contributed by atoms with Gasteiger partial charge in [-0.05, 0) is 42.0 Å². The predicted octanol–water partition coefficient (Wildman–Crippen LogP) is 4.14. The summed E-state index contributed by atoms with van der Waals surface area (Å²) in [6.07, 6.45) is 3.81. The Labute approximate surface area is 281 Å². The molecule has 0 radical (unpaired) electrons. The van der Waals surface area contributed by atoms with E-state index in [-0.39, 0.29) is 35.5 Å². The zero-order chi connectivity index (χ0) is 34.1. The van der Waals surface area contributed by atoms with Crippen molar-refractivity contribution < 1.29 is 37.8 Å². The standard InChI is InChI=1S/C36H37N5O8/c1-18(2)26-31-41-27(30-37-24(17-47-30)32(43)46-3)28(49-31)36-20-9-5-6-10-22(20)39-34(36)48-25-12-11-19(15-21(25)36)16-23(29(42)40-26)38-33(44)35(45)13-7-4-8-14-35/h5-6,9-12,15,17-18,23,26,34,39,45H,4,7-8,13-14,16H2,1-3H3,(H,38,44)(H,40,42)/t23-,26-,34?,36?/m0/s1. The van der Waals surface area contributed by atoms with Gasteiger partial charge in [0, 0.05) is 17.7 Å². The van der Waals surface area contributed by atoms with E-state index in [0.29, 0.717) is 24.4 Å². The largest absolute Gasteiger partial charge is 0.469 e. The molecule has 13 heteroatoms. The number of carbonyl (C=O) groups excluding carboxylic acids is 3. The Morgan fingerprint density at radius 1 is 1.06 bits per heavy atom. The summed E-state index contributed by atoms with van der Waals surface area (Å²) in [6, 6.07) is 11.7. The van der Waals surface area contributed by atoms with Crippen molar-refractivity contribution in [3.05, 3.63) is 82.8 Å². The number of nitrogens with zero attached hydrogens (tertiary/aromatic N) is 2. The average molecular weight is 668 g/mol. The molecule has 4 atom stereocenters. The Balaban J connectivity index is 1.33. The molecule has 4 aliphatic rings. The smallest absolute Gasteiger partial charge is 0.360 e. The van der Waals surface area contributed by atoms with Crippen molar-refractivity contribution in [2.24, 2.45) is 5.92 Å². The number of benzene rings is 2. The molecule has 254 valence electrons. The Morgan fingerprint density at radius 3 is 2.63 bits per heavy atom. The third-order valence-corrected chi connectivity index (χ3v) is 10.2. The maximum atomic E-state index is 14.1. The van der Waals surface area contributed by atoms with Crippen LogP contribution in [0.1, 0.15) is 90.8 Å². The van der Waals surface area contributed by atoms with Gasteiger partial charge in [-0.2, -0.15) is 0 Å². The maximum absolute atomic E-state index is 14.1. The number of fused-ring (bicyclic) bond motifs is 4. The fourth-order valence-corrected chi connectivity index (χ4v) is 7.68. The normalized spacial score (nSPS) is 24.8. The molecule has 2 amide bonds. The molecule has 49 heavy (non-hydrogen) atoms. The zero-order valence-corrected chi connectivity index (χ0v) is 27.4. The van der Waals surface area contributed by atoms with E-state index in [1.54, 1.807) is 0 Å². The lowest BCUT2D eigenvalue weighted by Gasteiger charge is -2.33. The van der Waals surface area contributed by atoms with Crippen molar-refractivity contribution in [1.82, 2.24) is 20.6 Å². The van der Waals surface area contributed by atoms with E-state index in [2.05, 4.69) is 20.9 Å². The molecule has 3 aliphatic heterocycles. The molecule has 2 aromatic carbocycles. The van der Waals surface area contributed by atoms with Gasteiger partial charge in [-0.15, -0.1) is 0 Å². The molecule has 4 N–H and O–H groups in total. The fraction of sp³-hybridized carbons (Fsp3) is 0.417. The van der Waals surface area contributed by atoms with Crippen LogP contribution in [0, 0.1) is 5.92 Å². The van der Waals surface area contributed by atoms with E-state index >= 15 is 0 Å². The van der Waals surface area contributed by atoms with Gasteiger partial charge in [-0.25, -0.2) is 14.8 Å². The molecule has 1 fully saturated rings. The van der Waals surface area contributed by atoms with Crippen LogP contribution in [0.15, 0.2) is 57.6 Å². The number of para-hydroxylation sites is 1. The molecular formula is C36H37N5O8. The predicted molar refractivity (Wildman–Crippen MR) is 174 cm³/mol. The van der Waals surface area contributed by atoms with Crippen LogP contribution in [-0.2, 0) is 26.2 Å². The van der Waals surface area contributed by atoms with E-state index < -0.39 is 47.1 Å². The van der Waals surface area contributed by atoms with E-state index in [4.69, 9.17) is 23.3 Å². The summed E-state index contributed by atoms with van der Waals surface area (Å²) in [4.78, 5) is 49.5. The number of nitrogens with one attached hydrogen (secondary N) is 3. The number of carbonyl (C=O) groups is 3. The lowest BCUT2D eigenvalue weighted by molar-refractivity contribution is -0.145. The molecule has 4 aromatic rings. The van der Waals surface area contributed by atoms with Gasteiger partial charge >= 0.3 is 5.97 Å². The Kier molecular flexibility index (Phi) is 7.28. The number of aromatic nitrogens is 2. The van der Waals surface area contributed by atoms with Crippen molar-refractivity contribution in [3.63, 3.8) is 0 Å². The highest BCUT2D eigenvalue weighted by atomic mass is 16.5. The molecule has 1 aliphatic carbocycles. The lowest BCUT2D eigenvalue weighted by Crippen LogP contribution is -2.56. The third kappa shape index (κ3) is 4.81. The molecule has 1 saturated carbocycles. The van der Waals surface area contributed by atoms with Crippen molar-refractivity contribution in [3.8, 4) is 17.3 Å². The Morgan fingerprint density at radius 2 is 1.86 bits per heavy atom. The van der Waals surface area contributed by atoms with Crippen molar-refractivity contribution in [2.45, 2.75) is 81.7 Å². The van der Waals surface area contributed by atoms with Gasteiger partial charge in [0.05, 0.1) is 7.11 Å². The van der Waals surface area contributed by atoms with Crippen LogP contribution in [0.3, 0.4) is 0 Å². The van der Waals surface area contributed by atoms with Gasteiger partial charge in [-0.3, -0.25) is 9.59 Å². The summed E-state index contributed by atoms with van der Waals surface area (Å²) in [6.45, 7) is 3.85. The minimum Gasteiger partial charge on any atom is -0.469 e. The van der Waals surface area contributed by atoms with E-state index in [0.717, 1.165) is 41.6 Å².